The molecule has 20 heavy (non-hydrogen) atoms. The van der Waals surface area contributed by atoms with Crippen LogP contribution < -0.4 is 0 Å². The molecular formula is C15H23ClNO2S-. The molecule has 1 aliphatic heterocycles. The zero-order valence-corrected chi connectivity index (χ0v) is 13.5. The van der Waals surface area contributed by atoms with Crippen LogP contribution in [0.25, 0.3) is 0 Å². The van der Waals surface area contributed by atoms with Crippen LogP contribution in [-0.2, 0) is 16.8 Å². The molecule has 0 radical (unpaired) electrons. The third kappa shape index (κ3) is 5.17. The van der Waals surface area contributed by atoms with Gasteiger partial charge in [-0.05, 0) is 55.9 Å². The average Bonchev–Trinajstić information content (AvgIpc) is 2.39. The summed E-state index contributed by atoms with van der Waals surface area (Å²) in [6.07, 6.45) is 3.59. The summed E-state index contributed by atoms with van der Waals surface area (Å²) in [6.45, 7) is 5.74. The molecule has 0 bridgehead atoms. The molecule has 1 aromatic carbocycles. The van der Waals surface area contributed by atoms with Gasteiger partial charge in [0.1, 0.15) is 0 Å². The fourth-order valence-electron chi connectivity index (χ4n) is 2.88. The fraction of sp³-hybridized carbons (Fsp3) is 0.600. The number of nitrogens with zero attached hydrogens (tertiary/aromatic N) is 1. The van der Waals surface area contributed by atoms with Crippen LogP contribution >= 0.6 is 12.4 Å². The number of piperidine rings is 1. The van der Waals surface area contributed by atoms with E-state index in [1.54, 1.807) is 0 Å². The average molecular weight is 317 g/mol. The second-order valence-electron chi connectivity index (χ2n) is 5.31. The van der Waals surface area contributed by atoms with Gasteiger partial charge in [0.15, 0.2) is 0 Å². The summed E-state index contributed by atoms with van der Waals surface area (Å²) in [4.78, 5) is 2.52. The van der Waals surface area contributed by atoms with Crippen LogP contribution in [0.5, 0.6) is 0 Å². The van der Waals surface area contributed by atoms with Gasteiger partial charge in [-0.3, -0.25) is 4.21 Å². The second-order valence-corrected chi connectivity index (χ2v) is 6.21. The maximum absolute atomic E-state index is 10.8. The molecule has 3 nitrogen and oxygen atoms in total. The second kappa shape index (κ2) is 8.78. The lowest BCUT2D eigenvalue weighted by Gasteiger charge is -2.32. The van der Waals surface area contributed by atoms with Crippen molar-refractivity contribution in [1.29, 1.82) is 0 Å². The van der Waals surface area contributed by atoms with Crippen molar-refractivity contribution in [3.05, 3.63) is 35.4 Å². The predicted octanol–water partition coefficient (Wildman–Crippen LogP) is 3.08. The summed E-state index contributed by atoms with van der Waals surface area (Å²) in [5, 5.41) is 0. The molecule has 1 fully saturated rings. The van der Waals surface area contributed by atoms with Crippen molar-refractivity contribution in [3.63, 3.8) is 0 Å². The van der Waals surface area contributed by atoms with Gasteiger partial charge in [0.05, 0.1) is 0 Å². The zero-order valence-electron chi connectivity index (χ0n) is 11.9. The molecule has 1 aliphatic rings. The van der Waals surface area contributed by atoms with Gasteiger partial charge in [0, 0.05) is 5.75 Å². The van der Waals surface area contributed by atoms with Gasteiger partial charge in [0.2, 0.25) is 0 Å². The summed E-state index contributed by atoms with van der Waals surface area (Å²) in [5.74, 6) is 0.718. The van der Waals surface area contributed by atoms with Gasteiger partial charge < -0.3 is 9.45 Å². The minimum Gasteiger partial charge on any atom is -0.772 e. The molecule has 0 spiro atoms. The maximum atomic E-state index is 10.8. The Bertz CT molecular complexity index is 434. The Labute approximate surface area is 130 Å². The minimum absolute atomic E-state index is 0. The summed E-state index contributed by atoms with van der Waals surface area (Å²) >= 11 is -2.00. The lowest BCUT2D eigenvalue weighted by atomic mass is 9.88. The highest BCUT2D eigenvalue weighted by Crippen LogP contribution is 2.28. The number of hydrogen-bond acceptors (Lipinski definition) is 3. The summed E-state index contributed by atoms with van der Waals surface area (Å²) in [5.41, 5.74) is 2.21. The first-order valence-corrected chi connectivity index (χ1v) is 8.30. The smallest absolute Gasteiger partial charge is 0.0353 e. The van der Waals surface area contributed by atoms with E-state index in [4.69, 9.17) is 0 Å². The van der Waals surface area contributed by atoms with Crippen LogP contribution in [0.15, 0.2) is 24.3 Å². The number of hydrogen-bond donors (Lipinski definition) is 0. The quantitative estimate of drug-likeness (QED) is 0.784. The molecular weight excluding hydrogens is 294 g/mol. The van der Waals surface area contributed by atoms with Crippen molar-refractivity contribution in [3.8, 4) is 0 Å². The Morgan fingerprint density at radius 1 is 1.35 bits per heavy atom. The first-order valence-electron chi connectivity index (χ1n) is 7.06. The molecule has 0 amide bonds. The highest BCUT2D eigenvalue weighted by atomic mass is 35.5. The minimum atomic E-state index is -2.00. The van der Waals surface area contributed by atoms with Crippen molar-refractivity contribution in [1.82, 2.24) is 4.90 Å². The van der Waals surface area contributed by atoms with Crippen molar-refractivity contribution in [2.24, 2.45) is 0 Å². The van der Waals surface area contributed by atoms with E-state index in [9.17, 15) is 8.76 Å². The molecule has 1 saturated heterocycles. The number of rotatable bonds is 5. The molecule has 0 saturated carbocycles. The van der Waals surface area contributed by atoms with E-state index in [0.717, 1.165) is 18.7 Å². The van der Waals surface area contributed by atoms with Gasteiger partial charge in [-0.15, -0.1) is 12.4 Å². The lowest BCUT2D eigenvalue weighted by molar-refractivity contribution is 0.213. The van der Waals surface area contributed by atoms with Crippen LogP contribution in [0.1, 0.15) is 43.2 Å². The molecule has 114 valence electrons. The van der Waals surface area contributed by atoms with E-state index in [0.29, 0.717) is 5.92 Å². The van der Waals surface area contributed by atoms with E-state index in [2.05, 4.69) is 24.0 Å². The Hall–Kier alpha value is -0.420. The van der Waals surface area contributed by atoms with E-state index in [-0.39, 0.29) is 18.2 Å². The van der Waals surface area contributed by atoms with Gasteiger partial charge >= 0.3 is 0 Å². The zero-order chi connectivity index (χ0) is 13.7. The predicted molar refractivity (Wildman–Crippen MR) is 85.0 cm³/mol. The van der Waals surface area contributed by atoms with Crippen molar-refractivity contribution < 1.29 is 8.76 Å². The molecule has 0 aromatic heterocycles. The highest BCUT2D eigenvalue weighted by Gasteiger charge is 2.19. The topological polar surface area (TPSA) is 43.4 Å². The molecule has 1 heterocycles. The lowest BCUT2D eigenvalue weighted by Crippen LogP contribution is -2.33. The standard InChI is InChI=1S/C15H23NO2S.ClH/c1-2-8-16-9-6-14(7-10-16)15-5-3-4-13(11-15)12-19(17)18;/h3-5,11,14H,2,6-10,12H2,1H3,(H,17,18);1H/p-1. The Morgan fingerprint density at radius 3 is 2.65 bits per heavy atom. The van der Waals surface area contributed by atoms with Gasteiger partial charge in [-0.25, -0.2) is 0 Å². The third-order valence-electron chi connectivity index (χ3n) is 3.83. The largest absolute Gasteiger partial charge is 0.772 e. The monoisotopic (exact) mass is 316 g/mol. The van der Waals surface area contributed by atoms with Crippen LogP contribution in [0.3, 0.4) is 0 Å². The van der Waals surface area contributed by atoms with Gasteiger partial charge in [-0.2, -0.15) is 0 Å². The molecule has 1 aromatic rings. The first-order chi connectivity index (χ1) is 9.19. The number of likely N-dealkylation sites (tertiary alicyclic amines) is 1. The van der Waals surface area contributed by atoms with E-state index >= 15 is 0 Å². The third-order valence-corrected chi connectivity index (χ3v) is 4.40. The molecule has 2 rings (SSSR count). The Kier molecular flexibility index (Phi) is 7.74. The molecule has 1 unspecified atom stereocenters. The Balaban J connectivity index is 0.00000200. The van der Waals surface area contributed by atoms with Gasteiger partial charge in [-0.1, -0.05) is 42.3 Å². The number of halogens is 1. The van der Waals surface area contributed by atoms with Crippen molar-refractivity contribution in [2.75, 3.05) is 19.6 Å². The highest BCUT2D eigenvalue weighted by molar-refractivity contribution is 7.78. The Morgan fingerprint density at radius 2 is 2.05 bits per heavy atom. The number of benzene rings is 1. The fourth-order valence-corrected chi connectivity index (χ4v) is 3.33. The van der Waals surface area contributed by atoms with Crippen molar-refractivity contribution >= 4 is 23.5 Å². The van der Waals surface area contributed by atoms with Gasteiger partial charge in [0.25, 0.3) is 0 Å². The SMILES string of the molecule is CCCN1CCC(c2cccc(CS(=O)[O-])c2)CC1.Cl. The van der Waals surface area contributed by atoms with E-state index in [1.807, 2.05) is 12.1 Å². The van der Waals surface area contributed by atoms with E-state index < -0.39 is 11.1 Å². The summed E-state index contributed by atoms with van der Waals surface area (Å²) in [7, 11) is 0. The van der Waals surface area contributed by atoms with Crippen LogP contribution in [0.4, 0.5) is 0 Å². The summed E-state index contributed by atoms with van der Waals surface area (Å²) < 4.78 is 21.5. The molecule has 0 N–H and O–H groups in total. The molecule has 0 aliphatic carbocycles. The van der Waals surface area contributed by atoms with E-state index in [1.165, 1.54) is 31.4 Å². The van der Waals surface area contributed by atoms with Crippen LogP contribution in [0.2, 0.25) is 0 Å². The van der Waals surface area contributed by atoms with Crippen molar-refractivity contribution in [2.45, 2.75) is 37.9 Å². The van der Waals surface area contributed by atoms with Crippen LogP contribution in [0, 0.1) is 0 Å². The summed E-state index contributed by atoms with van der Waals surface area (Å²) in [6, 6.07) is 8.08. The molecule has 5 heteroatoms. The molecule has 1 atom stereocenters. The van der Waals surface area contributed by atoms with Crippen LogP contribution in [-0.4, -0.2) is 33.3 Å². The first kappa shape index (κ1) is 17.6. The normalized spacial score (nSPS) is 18.5. The maximum Gasteiger partial charge on any atom is 0.0353 e.